The molecule has 0 fully saturated rings. The van der Waals surface area contributed by atoms with Crippen LogP contribution in [0.3, 0.4) is 0 Å². The molecule has 0 spiro atoms. The standard InChI is InChI=1S/C16H35F3O5SSi2/c1-14(2,3)27(8,9)23-12-13(24-25(20,21)16(17,18)19)10-11-15(4,5)26(6,7)22/h13,22H,10-12H2,1-9H3. The van der Waals surface area contributed by atoms with Gasteiger partial charge in [-0.25, -0.2) is 0 Å². The molecule has 1 unspecified atom stereocenters. The maximum Gasteiger partial charge on any atom is 0.523 e. The molecule has 27 heavy (non-hydrogen) atoms. The summed E-state index contributed by atoms with van der Waals surface area (Å²) in [5, 5.41) is -0.701. The van der Waals surface area contributed by atoms with Crippen LogP contribution in [0.15, 0.2) is 0 Å². The Morgan fingerprint density at radius 1 is 1.00 bits per heavy atom. The Balaban J connectivity index is 5.42. The zero-order valence-corrected chi connectivity index (χ0v) is 20.6. The molecule has 0 aliphatic rings. The van der Waals surface area contributed by atoms with Gasteiger partial charge in [0.15, 0.2) is 16.6 Å². The first-order valence-corrected chi connectivity index (χ1v) is 16.2. The fourth-order valence-electron chi connectivity index (χ4n) is 1.74. The minimum Gasteiger partial charge on any atom is -0.432 e. The Kier molecular flexibility index (Phi) is 8.44. The van der Waals surface area contributed by atoms with Crippen LogP contribution < -0.4 is 0 Å². The van der Waals surface area contributed by atoms with E-state index in [2.05, 4.69) is 4.18 Å². The van der Waals surface area contributed by atoms with E-state index in [-0.39, 0.29) is 18.1 Å². The molecule has 11 heteroatoms. The third-order valence-corrected chi connectivity index (χ3v) is 14.9. The van der Waals surface area contributed by atoms with Crippen LogP contribution in [0.5, 0.6) is 0 Å². The average molecular weight is 453 g/mol. The summed E-state index contributed by atoms with van der Waals surface area (Å²) in [6.07, 6.45) is -0.906. The van der Waals surface area contributed by atoms with Crippen molar-refractivity contribution < 1.29 is 35.0 Å². The fourth-order valence-corrected chi connectivity index (χ4v) is 4.15. The summed E-state index contributed by atoms with van der Waals surface area (Å²) in [4.78, 5) is 10.4. The number of rotatable bonds is 9. The van der Waals surface area contributed by atoms with Gasteiger partial charge < -0.3 is 9.22 Å². The minimum atomic E-state index is -5.72. The van der Waals surface area contributed by atoms with Crippen LogP contribution in [0.2, 0.25) is 36.3 Å². The topological polar surface area (TPSA) is 72.8 Å². The van der Waals surface area contributed by atoms with Crippen molar-refractivity contribution in [3.63, 3.8) is 0 Å². The van der Waals surface area contributed by atoms with E-state index in [0.29, 0.717) is 6.42 Å². The van der Waals surface area contributed by atoms with E-state index in [1.54, 1.807) is 13.1 Å². The summed E-state index contributed by atoms with van der Waals surface area (Å²) < 4.78 is 71.6. The minimum absolute atomic E-state index is 0.0356. The summed E-state index contributed by atoms with van der Waals surface area (Å²) in [6.45, 7) is 16.7. The average Bonchev–Trinajstić information content (AvgIpc) is 2.37. The summed E-state index contributed by atoms with van der Waals surface area (Å²) in [5.41, 5.74) is -5.48. The van der Waals surface area contributed by atoms with E-state index in [0.717, 1.165) is 0 Å². The molecule has 1 atom stereocenters. The Morgan fingerprint density at radius 2 is 1.44 bits per heavy atom. The van der Waals surface area contributed by atoms with Gasteiger partial charge in [-0.2, -0.15) is 21.6 Å². The second-order valence-corrected chi connectivity index (χ2v) is 20.5. The van der Waals surface area contributed by atoms with Gasteiger partial charge in [-0.05, 0) is 49.1 Å². The fraction of sp³-hybridized carbons (Fsp3) is 1.00. The highest BCUT2D eigenvalue weighted by molar-refractivity contribution is 7.87. The van der Waals surface area contributed by atoms with Crippen LogP contribution >= 0.6 is 0 Å². The molecule has 0 saturated carbocycles. The highest BCUT2D eigenvalue weighted by atomic mass is 32.2. The van der Waals surface area contributed by atoms with E-state index in [4.69, 9.17) is 4.43 Å². The summed E-state index contributed by atoms with van der Waals surface area (Å²) in [7, 11) is -10.6. The predicted octanol–water partition coefficient (Wildman–Crippen LogP) is 5.00. The smallest absolute Gasteiger partial charge is 0.432 e. The molecule has 0 aliphatic heterocycles. The number of halogens is 3. The molecular formula is C16H35F3O5SSi2. The molecule has 1 N–H and O–H groups in total. The molecule has 0 aliphatic carbocycles. The lowest BCUT2D eigenvalue weighted by atomic mass is 10.0. The number of hydrogen-bond acceptors (Lipinski definition) is 5. The molecule has 0 aromatic carbocycles. The monoisotopic (exact) mass is 452 g/mol. The zero-order chi connectivity index (χ0) is 22.1. The largest absolute Gasteiger partial charge is 0.523 e. The van der Waals surface area contributed by atoms with Gasteiger partial charge in [-0.15, -0.1) is 0 Å². The zero-order valence-electron chi connectivity index (χ0n) is 17.8. The molecule has 0 bridgehead atoms. The van der Waals surface area contributed by atoms with Crippen molar-refractivity contribution in [2.45, 2.75) is 95.3 Å². The highest BCUT2D eigenvalue weighted by Crippen LogP contribution is 2.41. The van der Waals surface area contributed by atoms with Crippen molar-refractivity contribution in [1.82, 2.24) is 0 Å². The maximum absolute atomic E-state index is 12.7. The lowest BCUT2D eigenvalue weighted by molar-refractivity contribution is -0.0593. The lowest BCUT2D eigenvalue weighted by Gasteiger charge is -2.38. The Bertz CT molecular complexity index is 561. The van der Waals surface area contributed by atoms with Gasteiger partial charge in [0, 0.05) is 0 Å². The van der Waals surface area contributed by atoms with E-state index in [1.165, 1.54) is 0 Å². The molecule has 5 nitrogen and oxygen atoms in total. The molecule has 164 valence electrons. The quantitative estimate of drug-likeness (QED) is 0.303. The van der Waals surface area contributed by atoms with Crippen molar-refractivity contribution >= 4 is 26.8 Å². The second-order valence-electron chi connectivity index (χ2n) is 9.67. The van der Waals surface area contributed by atoms with Crippen LogP contribution in [0.4, 0.5) is 13.2 Å². The van der Waals surface area contributed by atoms with Gasteiger partial charge in [0.2, 0.25) is 0 Å². The van der Waals surface area contributed by atoms with Crippen molar-refractivity contribution in [3.8, 4) is 0 Å². The van der Waals surface area contributed by atoms with E-state index < -0.39 is 43.4 Å². The van der Waals surface area contributed by atoms with Gasteiger partial charge >= 0.3 is 15.6 Å². The summed E-state index contributed by atoms with van der Waals surface area (Å²) in [5.74, 6) is 0. The first-order chi connectivity index (χ1) is 11.5. The van der Waals surface area contributed by atoms with Gasteiger partial charge in [0.25, 0.3) is 0 Å². The normalized spacial score (nSPS) is 16.5. The summed E-state index contributed by atoms with van der Waals surface area (Å²) >= 11 is 0. The molecule has 0 heterocycles. The van der Waals surface area contributed by atoms with Gasteiger partial charge in [-0.3, -0.25) is 4.18 Å². The van der Waals surface area contributed by atoms with Crippen LogP contribution in [-0.2, 0) is 18.7 Å². The van der Waals surface area contributed by atoms with Crippen molar-refractivity contribution in [2.24, 2.45) is 0 Å². The molecular weight excluding hydrogens is 417 g/mol. The Hall–Kier alpha value is 0.0538. The molecule has 0 rings (SSSR count). The number of hydrogen-bond donors (Lipinski definition) is 1. The third kappa shape index (κ3) is 7.77. The Labute approximate surface area is 164 Å². The molecule has 0 aromatic rings. The summed E-state index contributed by atoms with van der Waals surface area (Å²) in [6, 6.07) is 0. The van der Waals surface area contributed by atoms with Crippen molar-refractivity contribution in [3.05, 3.63) is 0 Å². The van der Waals surface area contributed by atoms with Crippen LogP contribution in [0.25, 0.3) is 0 Å². The molecule has 0 aromatic heterocycles. The Morgan fingerprint density at radius 3 is 1.78 bits per heavy atom. The van der Waals surface area contributed by atoms with E-state index >= 15 is 0 Å². The highest BCUT2D eigenvalue weighted by Gasteiger charge is 2.49. The molecule has 0 saturated heterocycles. The van der Waals surface area contributed by atoms with Gasteiger partial charge in [0.1, 0.15) is 0 Å². The predicted molar refractivity (Wildman–Crippen MR) is 106 cm³/mol. The van der Waals surface area contributed by atoms with Crippen LogP contribution in [-0.4, -0.2) is 48.1 Å². The number of alkyl halides is 3. The van der Waals surface area contributed by atoms with Crippen molar-refractivity contribution in [1.29, 1.82) is 0 Å². The van der Waals surface area contributed by atoms with Crippen LogP contribution in [0, 0.1) is 0 Å². The van der Waals surface area contributed by atoms with Crippen molar-refractivity contribution in [2.75, 3.05) is 6.61 Å². The van der Waals surface area contributed by atoms with Gasteiger partial charge in [-0.1, -0.05) is 34.6 Å². The van der Waals surface area contributed by atoms with E-state index in [1.807, 2.05) is 47.7 Å². The SMILES string of the molecule is CC(C)(CCC(CO[Si](C)(C)C(C)(C)C)OS(=O)(=O)C(F)(F)F)[Si](C)(C)O. The maximum atomic E-state index is 12.7. The first-order valence-electron chi connectivity index (χ1n) is 8.89. The molecule has 0 radical (unpaired) electrons. The second kappa shape index (κ2) is 8.43. The van der Waals surface area contributed by atoms with Gasteiger partial charge in [0.05, 0.1) is 12.7 Å². The molecule has 0 amide bonds. The third-order valence-electron chi connectivity index (χ3n) is 5.73. The van der Waals surface area contributed by atoms with E-state index in [9.17, 15) is 26.4 Å². The van der Waals surface area contributed by atoms with Crippen LogP contribution in [0.1, 0.15) is 47.5 Å². The lowest BCUT2D eigenvalue weighted by Crippen LogP contribution is -2.44. The first kappa shape index (κ1) is 27.1.